The van der Waals surface area contributed by atoms with Crippen molar-refractivity contribution in [2.75, 3.05) is 20.1 Å². The lowest BCUT2D eigenvalue weighted by Gasteiger charge is -2.41. The number of aliphatic carboxylic acids is 1. The van der Waals surface area contributed by atoms with Crippen molar-refractivity contribution in [1.29, 1.82) is 0 Å². The number of nitrogens with zero attached hydrogens (tertiary/aromatic N) is 1. The SMILES string of the molecule is CNC1(CC(=O)N2CCCC(C)(C(=O)O)C2)CCCCC1. The topological polar surface area (TPSA) is 69.6 Å². The highest BCUT2D eigenvalue weighted by atomic mass is 16.4. The van der Waals surface area contributed by atoms with Crippen molar-refractivity contribution in [3.63, 3.8) is 0 Å². The molecule has 2 fully saturated rings. The van der Waals surface area contributed by atoms with Gasteiger partial charge in [0.1, 0.15) is 0 Å². The third-order valence-electron chi connectivity index (χ3n) is 5.40. The Morgan fingerprint density at radius 2 is 1.81 bits per heavy atom. The molecule has 1 aliphatic carbocycles. The third-order valence-corrected chi connectivity index (χ3v) is 5.40. The summed E-state index contributed by atoms with van der Waals surface area (Å²) in [5.41, 5.74) is -0.861. The number of piperidine rings is 1. The molecule has 2 aliphatic rings. The number of rotatable bonds is 4. The van der Waals surface area contributed by atoms with Crippen LogP contribution in [-0.2, 0) is 9.59 Å². The lowest BCUT2D eigenvalue weighted by Crippen LogP contribution is -2.53. The Kier molecular flexibility index (Phi) is 4.91. The van der Waals surface area contributed by atoms with Crippen LogP contribution in [0, 0.1) is 5.41 Å². The second-order valence-corrected chi connectivity index (χ2v) is 7.05. The Balaban J connectivity index is 2.00. The average Bonchev–Trinajstić information content (AvgIpc) is 2.48. The Bertz CT molecular complexity index is 404. The van der Waals surface area contributed by atoms with E-state index < -0.39 is 11.4 Å². The monoisotopic (exact) mass is 296 g/mol. The molecule has 1 atom stereocenters. The van der Waals surface area contributed by atoms with Crippen LogP contribution >= 0.6 is 0 Å². The van der Waals surface area contributed by atoms with Gasteiger partial charge in [0.15, 0.2) is 0 Å². The minimum atomic E-state index is -0.791. The zero-order valence-electron chi connectivity index (χ0n) is 13.3. The average molecular weight is 296 g/mol. The molecule has 0 aromatic carbocycles. The normalized spacial score (nSPS) is 29.1. The molecule has 5 heteroatoms. The molecule has 1 saturated carbocycles. The summed E-state index contributed by atoms with van der Waals surface area (Å²) < 4.78 is 0. The van der Waals surface area contributed by atoms with Gasteiger partial charge < -0.3 is 15.3 Å². The maximum atomic E-state index is 12.6. The molecule has 2 rings (SSSR count). The summed E-state index contributed by atoms with van der Waals surface area (Å²) in [4.78, 5) is 25.8. The van der Waals surface area contributed by atoms with E-state index in [9.17, 15) is 14.7 Å². The molecule has 21 heavy (non-hydrogen) atoms. The molecule has 0 aromatic rings. The molecule has 5 nitrogen and oxygen atoms in total. The van der Waals surface area contributed by atoms with Crippen LogP contribution < -0.4 is 5.32 Å². The van der Waals surface area contributed by atoms with Gasteiger partial charge in [-0.25, -0.2) is 0 Å². The predicted molar refractivity (Wildman–Crippen MR) is 81.0 cm³/mol. The Hall–Kier alpha value is -1.10. The highest BCUT2D eigenvalue weighted by Crippen LogP contribution is 2.34. The molecule has 0 radical (unpaired) electrons. The maximum absolute atomic E-state index is 12.6. The molecule has 0 aromatic heterocycles. The lowest BCUT2D eigenvalue weighted by molar-refractivity contribution is -0.153. The van der Waals surface area contributed by atoms with E-state index in [0.29, 0.717) is 25.9 Å². The van der Waals surface area contributed by atoms with Gasteiger partial charge in [0.05, 0.1) is 5.41 Å². The highest BCUT2D eigenvalue weighted by molar-refractivity contribution is 5.80. The van der Waals surface area contributed by atoms with Crippen molar-refractivity contribution in [3.05, 3.63) is 0 Å². The van der Waals surface area contributed by atoms with Crippen molar-refractivity contribution < 1.29 is 14.7 Å². The number of carbonyl (C=O) groups is 2. The van der Waals surface area contributed by atoms with Crippen LogP contribution in [0.25, 0.3) is 0 Å². The number of carboxylic acid groups (broad SMARTS) is 1. The van der Waals surface area contributed by atoms with Crippen molar-refractivity contribution >= 4 is 11.9 Å². The number of carbonyl (C=O) groups excluding carboxylic acids is 1. The summed E-state index contributed by atoms with van der Waals surface area (Å²) in [6.07, 6.45) is 7.60. The number of hydrogen-bond donors (Lipinski definition) is 2. The van der Waals surface area contributed by atoms with Gasteiger partial charge in [-0.1, -0.05) is 19.3 Å². The number of likely N-dealkylation sites (tertiary alicyclic amines) is 1. The fourth-order valence-electron chi connectivity index (χ4n) is 3.77. The van der Waals surface area contributed by atoms with Crippen molar-refractivity contribution in [1.82, 2.24) is 10.2 Å². The van der Waals surface area contributed by atoms with Crippen molar-refractivity contribution in [3.8, 4) is 0 Å². The largest absolute Gasteiger partial charge is 0.481 e. The van der Waals surface area contributed by atoms with Gasteiger partial charge in [-0.2, -0.15) is 0 Å². The van der Waals surface area contributed by atoms with Gasteiger partial charge in [-0.3, -0.25) is 9.59 Å². The Morgan fingerprint density at radius 3 is 2.38 bits per heavy atom. The zero-order chi connectivity index (χ0) is 15.5. The molecular weight excluding hydrogens is 268 g/mol. The van der Waals surface area contributed by atoms with E-state index in [1.807, 2.05) is 7.05 Å². The first-order chi connectivity index (χ1) is 9.91. The summed E-state index contributed by atoms with van der Waals surface area (Å²) in [7, 11) is 1.94. The Morgan fingerprint density at radius 1 is 1.14 bits per heavy atom. The molecule has 1 amide bonds. The van der Waals surface area contributed by atoms with E-state index in [1.54, 1.807) is 11.8 Å². The first kappa shape index (κ1) is 16.3. The first-order valence-electron chi connectivity index (χ1n) is 8.11. The van der Waals surface area contributed by atoms with E-state index in [0.717, 1.165) is 19.3 Å². The molecule has 120 valence electrons. The van der Waals surface area contributed by atoms with Gasteiger partial charge in [0, 0.05) is 25.0 Å². The number of nitrogens with one attached hydrogen (secondary N) is 1. The Labute approximate surface area is 127 Å². The summed E-state index contributed by atoms with van der Waals surface area (Å²) in [6.45, 7) is 2.80. The van der Waals surface area contributed by atoms with E-state index in [4.69, 9.17) is 0 Å². The lowest BCUT2D eigenvalue weighted by atomic mass is 9.78. The fraction of sp³-hybridized carbons (Fsp3) is 0.875. The van der Waals surface area contributed by atoms with Gasteiger partial charge in [-0.15, -0.1) is 0 Å². The highest BCUT2D eigenvalue weighted by Gasteiger charge is 2.41. The van der Waals surface area contributed by atoms with Crippen LogP contribution in [0.1, 0.15) is 58.3 Å². The molecular formula is C16H28N2O3. The van der Waals surface area contributed by atoms with Crippen molar-refractivity contribution in [2.45, 2.75) is 63.8 Å². The van der Waals surface area contributed by atoms with Crippen LogP contribution in [-0.4, -0.2) is 47.6 Å². The van der Waals surface area contributed by atoms with Gasteiger partial charge >= 0.3 is 5.97 Å². The van der Waals surface area contributed by atoms with Crippen LogP contribution in [0.15, 0.2) is 0 Å². The molecule has 1 unspecified atom stereocenters. The van der Waals surface area contributed by atoms with Crippen molar-refractivity contribution in [2.24, 2.45) is 5.41 Å². The van der Waals surface area contributed by atoms with Crippen LogP contribution in [0.3, 0.4) is 0 Å². The van der Waals surface area contributed by atoms with Gasteiger partial charge in [-0.05, 0) is 39.7 Å². The standard InChI is InChI=1S/C16H28N2O3/c1-15(14(20)21)7-6-10-18(12-15)13(19)11-16(17-2)8-4-3-5-9-16/h17H,3-12H2,1-2H3,(H,20,21). The van der Waals surface area contributed by atoms with Crippen LogP contribution in [0.2, 0.25) is 0 Å². The molecule has 0 bridgehead atoms. The molecule has 0 spiro atoms. The third kappa shape index (κ3) is 3.57. The number of amides is 1. The summed E-state index contributed by atoms with van der Waals surface area (Å²) in [6, 6.07) is 0. The fourth-order valence-corrected chi connectivity index (χ4v) is 3.77. The quantitative estimate of drug-likeness (QED) is 0.832. The second kappa shape index (κ2) is 6.34. The van der Waals surface area contributed by atoms with E-state index in [1.165, 1.54) is 19.3 Å². The molecule has 1 heterocycles. The minimum absolute atomic E-state index is 0.0770. The first-order valence-corrected chi connectivity index (χ1v) is 8.11. The second-order valence-electron chi connectivity index (χ2n) is 7.05. The van der Waals surface area contributed by atoms with Gasteiger partial charge in [0.2, 0.25) is 5.91 Å². The van der Waals surface area contributed by atoms with E-state index >= 15 is 0 Å². The van der Waals surface area contributed by atoms with E-state index in [2.05, 4.69) is 5.32 Å². The molecule has 1 saturated heterocycles. The van der Waals surface area contributed by atoms with Crippen LogP contribution in [0.5, 0.6) is 0 Å². The van der Waals surface area contributed by atoms with E-state index in [-0.39, 0.29) is 11.4 Å². The summed E-state index contributed by atoms with van der Waals surface area (Å²) in [5.74, 6) is -0.681. The smallest absolute Gasteiger partial charge is 0.311 e. The maximum Gasteiger partial charge on any atom is 0.311 e. The van der Waals surface area contributed by atoms with Crippen LogP contribution in [0.4, 0.5) is 0 Å². The summed E-state index contributed by atoms with van der Waals surface area (Å²) in [5, 5.41) is 12.7. The zero-order valence-corrected chi connectivity index (χ0v) is 13.3. The molecule has 2 N–H and O–H groups in total. The summed E-state index contributed by atoms with van der Waals surface area (Å²) >= 11 is 0. The molecule has 1 aliphatic heterocycles. The van der Waals surface area contributed by atoms with Gasteiger partial charge in [0.25, 0.3) is 0 Å². The number of hydrogen-bond acceptors (Lipinski definition) is 3. The minimum Gasteiger partial charge on any atom is -0.481 e. The predicted octanol–water partition coefficient (Wildman–Crippen LogP) is 2.01. The number of carboxylic acids is 1.